The molecule has 114 valence electrons. The van der Waals surface area contributed by atoms with Gasteiger partial charge >= 0.3 is 11.9 Å². The predicted octanol–water partition coefficient (Wildman–Crippen LogP) is 0.330. The molecule has 1 amide bonds. The van der Waals surface area contributed by atoms with Crippen molar-refractivity contribution >= 4 is 17.8 Å². The Morgan fingerprint density at radius 1 is 1.10 bits per heavy atom. The normalized spacial score (nSPS) is 19.6. The standard InChI is InChI=1S/C13H22N2O5/c14-8-13(5-3-1-2-4-6-13)12(20)15-9(11(18)19)7-10(16)17/h9H,1-8,14H2,(H,15,20)(H,16,17)(H,18,19). The summed E-state index contributed by atoms with van der Waals surface area (Å²) in [5, 5.41) is 20.0. The molecule has 1 unspecified atom stereocenters. The lowest BCUT2D eigenvalue weighted by Crippen LogP contribution is -2.51. The first kappa shape index (κ1) is 16.4. The van der Waals surface area contributed by atoms with E-state index in [-0.39, 0.29) is 6.54 Å². The molecule has 1 atom stereocenters. The van der Waals surface area contributed by atoms with Crippen molar-refractivity contribution in [1.29, 1.82) is 0 Å². The van der Waals surface area contributed by atoms with Crippen molar-refractivity contribution in [3.05, 3.63) is 0 Å². The molecule has 0 spiro atoms. The third kappa shape index (κ3) is 4.19. The number of hydrogen-bond donors (Lipinski definition) is 4. The summed E-state index contributed by atoms with van der Waals surface area (Å²) in [6, 6.07) is -1.41. The van der Waals surface area contributed by atoms with Crippen LogP contribution in [0.25, 0.3) is 0 Å². The predicted molar refractivity (Wildman–Crippen MR) is 71.0 cm³/mol. The van der Waals surface area contributed by atoms with Gasteiger partial charge in [0, 0.05) is 6.54 Å². The average Bonchev–Trinajstić information content (AvgIpc) is 2.63. The quantitative estimate of drug-likeness (QED) is 0.521. The molecule has 0 radical (unpaired) electrons. The van der Waals surface area contributed by atoms with Crippen LogP contribution in [0.15, 0.2) is 0 Å². The van der Waals surface area contributed by atoms with E-state index in [0.717, 1.165) is 25.7 Å². The fourth-order valence-electron chi connectivity index (χ4n) is 2.62. The van der Waals surface area contributed by atoms with Crippen molar-refractivity contribution in [2.24, 2.45) is 11.1 Å². The van der Waals surface area contributed by atoms with Crippen LogP contribution in [0.4, 0.5) is 0 Å². The Hall–Kier alpha value is -1.63. The molecule has 0 aliphatic heterocycles. The number of rotatable bonds is 6. The van der Waals surface area contributed by atoms with Gasteiger partial charge < -0.3 is 21.3 Å². The molecule has 7 nitrogen and oxygen atoms in total. The zero-order chi connectivity index (χ0) is 15.2. The van der Waals surface area contributed by atoms with Gasteiger partial charge in [-0.05, 0) is 12.8 Å². The number of nitrogens with one attached hydrogen (secondary N) is 1. The van der Waals surface area contributed by atoms with E-state index in [9.17, 15) is 14.4 Å². The summed E-state index contributed by atoms with van der Waals surface area (Å²) < 4.78 is 0. The number of nitrogens with two attached hydrogens (primary N) is 1. The Morgan fingerprint density at radius 2 is 1.65 bits per heavy atom. The van der Waals surface area contributed by atoms with Crippen LogP contribution in [0.2, 0.25) is 0 Å². The smallest absolute Gasteiger partial charge is 0.326 e. The molecule has 1 rings (SSSR count). The minimum Gasteiger partial charge on any atom is -0.481 e. The van der Waals surface area contributed by atoms with Gasteiger partial charge in [-0.2, -0.15) is 0 Å². The van der Waals surface area contributed by atoms with E-state index in [1.165, 1.54) is 0 Å². The van der Waals surface area contributed by atoms with Gasteiger partial charge in [-0.1, -0.05) is 25.7 Å². The molecule has 1 saturated carbocycles. The molecule has 20 heavy (non-hydrogen) atoms. The number of carbonyl (C=O) groups is 3. The molecule has 0 saturated heterocycles. The zero-order valence-electron chi connectivity index (χ0n) is 11.4. The molecule has 5 N–H and O–H groups in total. The van der Waals surface area contributed by atoms with E-state index in [4.69, 9.17) is 15.9 Å². The first-order valence-electron chi connectivity index (χ1n) is 6.87. The van der Waals surface area contributed by atoms with Crippen molar-refractivity contribution in [2.45, 2.75) is 51.0 Å². The van der Waals surface area contributed by atoms with Gasteiger partial charge in [0.25, 0.3) is 0 Å². The van der Waals surface area contributed by atoms with Crippen LogP contribution in [0.3, 0.4) is 0 Å². The van der Waals surface area contributed by atoms with Crippen LogP contribution in [0.5, 0.6) is 0 Å². The second-order valence-electron chi connectivity index (χ2n) is 5.36. The van der Waals surface area contributed by atoms with Gasteiger partial charge in [0.15, 0.2) is 0 Å². The van der Waals surface area contributed by atoms with E-state index in [1.54, 1.807) is 0 Å². The zero-order valence-corrected chi connectivity index (χ0v) is 11.4. The molecule has 0 aromatic heterocycles. The third-order valence-corrected chi connectivity index (χ3v) is 3.92. The van der Waals surface area contributed by atoms with Crippen LogP contribution in [0, 0.1) is 5.41 Å². The van der Waals surface area contributed by atoms with Crippen LogP contribution < -0.4 is 11.1 Å². The molecule has 0 bridgehead atoms. The highest BCUT2D eigenvalue weighted by molar-refractivity contribution is 5.89. The van der Waals surface area contributed by atoms with Crippen LogP contribution >= 0.6 is 0 Å². The highest BCUT2D eigenvalue weighted by Gasteiger charge is 2.39. The van der Waals surface area contributed by atoms with E-state index >= 15 is 0 Å². The Balaban J connectivity index is 2.78. The molecule has 0 heterocycles. The molecular formula is C13H22N2O5. The first-order valence-corrected chi connectivity index (χ1v) is 6.87. The number of carbonyl (C=O) groups excluding carboxylic acids is 1. The van der Waals surface area contributed by atoms with Gasteiger partial charge in [0.1, 0.15) is 6.04 Å². The van der Waals surface area contributed by atoms with Crippen molar-refractivity contribution in [3.63, 3.8) is 0 Å². The maximum absolute atomic E-state index is 12.4. The summed E-state index contributed by atoms with van der Waals surface area (Å²) in [5.74, 6) is -3.04. The van der Waals surface area contributed by atoms with Crippen LogP contribution in [0.1, 0.15) is 44.9 Å². The van der Waals surface area contributed by atoms with Crippen molar-refractivity contribution in [2.75, 3.05) is 6.54 Å². The number of carboxylic acids is 2. The molecule has 0 aromatic rings. The van der Waals surface area contributed by atoms with Gasteiger partial charge in [-0.25, -0.2) is 4.79 Å². The van der Waals surface area contributed by atoms with Gasteiger partial charge in [0.05, 0.1) is 11.8 Å². The largest absolute Gasteiger partial charge is 0.481 e. The lowest BCUT2D eigenvalue weighted by molar-refractivity contribution is -0.148. The highest BCUT2D eigenvalue weighted by atomic mass is 16.4. The van der Waals surface area contributed by atoms with E-state index in [2.05, 4.69) is 5.32 Å². The SMILES string of the molecule is NCC1(C(=O)NC(CC(=O)O)C(=O)O)CCCCCC1. The number of carboxylic acid groups (broad SMARTS) is 2. The van der Waals surface area contributed by atoms with Crippen molar-refractivity contribution in [3.8, 4) is 0 Å². The van der Waals surface area contributed by atoms with Crippen molar-refractivity contribution in [1.82, 2.24) is 5.32 Å². The summed E-state index contributed by atoms with van der Waals surface area (Å²) in [7, 11) is 0. The second kappa shape index (κ2) is 7.23. The lowest BCUT2D eigenvalue weighted by atomic mass is 9.79. The topological polar surface area (TPSA) is 130 Å². The first-order chi connectivity index (χ1) is 9.41. The van der Waals surface area contributed by atoms with E-state index in [0.29, 0.717) is 12.8 Å². The summed E-state index contributed by atoms with van der Waals surface area (Å²) in [5.41, 5.74) is 4.98. The van der Waals surface area contributed by atoms with E-state index < -0.39 is 35.7 Å². The molecule has 0 aromatic carbocycles. The third-order valence-electron chi connectivity index (χ3n) is 3.92. The average molecular weight is 286 g/mol. The monoisotopic (exact) mass is 286 g/mol. The number of hydrogen-bond acceptors (Lipinski definition) is 4. The fraction of sp³-hybridized carbons (Fsp3) is 0.769. The van der Waals surface area contributed by atoms with Crippen LogP contribution in [-0.2, 0) is 14.4 Å². The Kier molecular flexibility index (Phi) is 5.94. The minimum atomic E-state index is -1.41. The summed E-state index contributed by atoms with van der Waals surface area (Å²) >= 11 is 0. The molecule has 7 heteroatoms. The molecule has 1 aliphatic carbocycles. The molecular weight excluding hydrogens is 264 g/mol. The molecule has 1 fully saturated rings. The summed E-state index contributed by atoms with van der Waals surface area (Å²) in [4.78, 5) is 34.0. The number of aliphatic carboxylic acids is 2. The van der Waals surface area contributed by atoms with Gasteiger partial charge in [0.2, 0.25) is 5.91 Å². The van der Waals surface area contributed by atoms with Gasteiger partial charge in [-0.3, -0.25) is 9.59 Å². The van der Waals surface area contributed by atoms with Crippen LogP contribution in [-0.4, -0.2) is 40.6 Å². The van der Waals surface area contributed by atoms with E-state index in [1.807, 2.05) is 0 Å². The fourth-order valence-corrected chi connectivity index (χ4v) is 2.62. The summed E-state index contributed by atoms with van der Waals surface area (Å²) in [6.45, 7) is 0.151. The maximum atomic E-state index is 12.4. The maximum Gasteiger partial charge on any atom is 0.326 e. The Labute approximate surface area is 117 Å². The highest BCUT2D eigenvalue weighted by Crippen LogP contribution is 2.34. The summed E-state index contributed by atoms with van der Waals surface area (Å²) in [6.07, 6.45) is 4.42. The number of amides is 1. The Bertz CT molecular complexity index is 375. The Morgan fingerprint density at radius 3 is 2.05 bits per heavy atom. The van der Waals surface area contributed by atoms with Crippen molar-refractivity contribution < 1.29 is 24.6 Å². The lowest BCUT2D eigenvalue weighted by Gasteiger charge is -2.31. The second-order valence-corrected chi connectivity index (χ2v) is 5.36. The van der Waals surface area contributed by atoms with Gasteiger partial charge in [-0.15, -0.1) is 0 Å². The molecule has 1 aliphatic rings. The minimum absolute atomic E-state index is 0.151.